The van der Waals surface area contributed by atoms with Crippen LogP contribution in [0, 0.1) is 11.3 Å². The van der Waals surface area contributed by atoms with E-state index in [0.717, 1.165) is 21.4 Å². The van der Waals surface area contributed by atoms with Gasteiger partial charge in [0.25, 0.3) is 11.8 Å². The molecule has 1 aromatic heterocycles. The number of urea groups is 1. The first-order chi connectivity index (χ1) is 17.0. The number of hydrogen-bond acceptors (Lipinski definition) is 4. The number of carbonyl (C=O) groups excluding carboxylic acids is 3. The van der Waals surface area contributed by atoms with Crippen molar-refractivity contribution < 1.29 is 14.4 Å². The van der Waals surface area contributed by atoms with Crippen molar-refractivity contribution in [3.8, 4) is 6.07 Å². The van der Waals surface area contributed by atoms with E-state index in [1.165, 1.54) is 18.2 Å². The molecule has 2 heterocycles. The zero-order chi connectivity index (χ0) is 24.5. The SMILES string of the molecule is N#Cc1ccccc1Cn1cc(/C=C2\C(=O)NC(=O)N(c3ccc(Cl)cc3)C2=O)c2ccccc21. The van der Waals surface area contributed by atoms with Gasteiger partial charge in [-0.25, -0.2) is 9.69 Å². The van der Waals surface area contributed by atoms with E-state index >= 15 is 0 Å². The summed E-state index contributed by atoms with van der Waals surface area (Å²) in [5, 5.41) is 13.0. The maximum atomic E-state index is 13.3. The number of aromatic nitrogens is 1. The number of fused-ring (bicyclic) bond motifs is 1. The van der Waals surface area contributed by atoms with Gasteiger partial charge in [0.15, 0.2) is 0 Å². The fourth-order valence-corrected chi connectivity index (χ4v) is 4.24. The third-order valence-electron chi connectivity index (χ3n) is 5.78. The summed E-state index contributed by atoms with van der Waals surface area (Å²) in [6.07, 6.45) is 3.32. The maximum Gasteiger partial charge on any atom is 0.335 e. The second-order valence-corrected chi connectivity index (χ2v) is 8.37. The smallest absolute Gasteiger partial charge is 0.335 e. The van der Waals surface area contributed by atoms with Gasteiger partial charge in [-0.15, -0.1) is 0 Å². The van der Waals surface area contributed by atoms with Gasteiger partial charge >= 0.3 is 6.03 Å². The van der Waals surface area contributed by atoms with Crippen molar-refractivity contribution in [3.05, 3.63) is 106 Å². The molecule has 0 spiro atoms. The summed E-state index contributed by atoms with van der Waals surface area (Å²) in [7, 11) is 0. The molecule has 4 amide bonds. The Morgan fingerprint density at radius 1 is 0.943 bits per heavy atom. The van der Waals surface area contributed by atoms with E-state index in [1.54, 1.807) is 18.2 Å². The normalized spacial score (nSPS) is 14.9. The summed E-state index contributed by atoms with van der Waals surface area (Å²) in [6, 6.07) is 22.5. The molecule has 0 radical (unpaired) electrons. The Kier molecular flexibility index (Phi) is 5.65. The lowest BCUT2D eigenvalue weighted by Gasteiger charge is -2.26. The average molecular weight is 481 g/mol. The lowest BCUT2D eigenvalue weighted by Crippen LogP contribution is -2.54. The van der Waals surface area contributed by atoms with E-state index in [-0.39, 0.29) is 5.57 Å². The molecule has 1 fully saturated rings. The number of barbiturate groups is 1. The minimum atomic E-state index is -0.824. The Morgan fingerprint density at radius 2 is 1.66 bits per heavy atom. The quantitative estimate of drug-likeness (QED) is 0.332. The summed E-state index contributed by atoms with van der Waals surface area (Å²) in [5.74, 6) is -1.50. The molecular formula is C27H17ClN4O3. The topological polar surface area (TPSA) is 95.2 Å². The summed E-state index contributed by atoms with van der Waals surface area (Å²) in [5.41, 5.74) is 3.07. The number of anilines is 1. The molecule has 1 aliphatic heterocycles. The highest BCUT2D eigenvalue weighted by Gasteiger charge is 2.37. The molecule has 0 aliphatic carbocycles. The van der Waals surface area contributed by atoms with Crippen LogP contribution in [0.1, 0.15) is 16.7 Å². The molecule has 0 atom stereocenters. The van der Waals surface area contributed by atoms with Crippen LogP contribution in [-0.4, -0.2) is 22.4 Å². The average Bonchev–Trinajstić information content (AvgIpc) is 3.20. The van der Waals surface area contributed by atoms with Crippen molar-refractivity contribution in [2.24, 2.45) is 0 Å². The first-order valence-electron chi connectivity index (χ1n) is 10.7. The van der Waals surface area contributed by atoms with Crippen LogP contribution in [0.5, 0.6) is 0 Å². The van der Waals surface area contributed by atoms with Gasteiger partial charge in [-0.2, -0.15) is 5.26 Å². The summed E-state index contributed by atoms with van der Waals surface area (Å²) < 4.78 is 1.96. The highest BCUT2D eigenvalue weighted by Crippen LogP contribution is 2.28. The molecular weight excluding hydrogens is 464 g/mol. The highest BCUT2D eigenvalue weighted by molar-refractivity contribution is 6.39. The Morgan fingerprint density at radius 3 is 2.43 bits per heavy atom. The number of carbonyl (C=O) groups is 3. The number of rotatable bonds is 4. The lowest BCUT2D eigenvalue weighted by atomic mass is 10.1. The van der Waals surface area contributed by atoms with Crippen LogP contribution in [0.2, 0.25) is 5.02 Å². The Bertz CT molecular complexity index is 1580. The molecule has 3 aromatic carbocycles. The minimum absolute atomic E-state index is 0.167. The molecule has 0 bridgehead atoms. The first-order valence-corrected chi connectivity index (χ1v) is 11.1. The molecule has 4 aromatic rings. The molecule has 0 unspecified atom stereocenters. The van der Waals surface area contributed by atoms with E-state index in [1.807, 2.05) is 53.2 Å². The second-order valence-electron chi connectivity index (χ2n) is 7.93. The fourth-order valence-electron chi connectivity index (χ4n) is 4.11. The van der Waals surface area contributed by atoms with Crippen LogP contribution in [0.4, 0.5) is 10.5 Å². The predicted octanol–water partition coefficient (Wildman–Crippen LogP) is 4.88. The van der Waals surface area contributed by atoms with E-state index in [2.05, 4.69) is 11.4 Å². The van der Waals surface area contributed by atoms with Crippen LogP contribution in [0.25, 0.3) is 17.0 Å². The van der Waals surface area contributed by atoms with Gasteiger partial charge in [-0.3, -0.25) is 14.9 Å². The largest absolute Gasteiger partial charge is 0.342 e. The van der Waals surface area contributed by atoms with Gasteiger partial charge in [0.05, 0.1) is 17.3 Å². The highest BCUT2D eigenvalue weighted by atomic mass is 35.5. The molecule has 1 saturated heterocycles. The van der Waals surface area contributed by atoms with Crippen LogP contribution >= 0.6 is 11.6 Å². The lowest BCUT2D eigenvalue weighted by molar-refractivity contribution is -0.122. The zero-order valence-electron chi connectivity index (χ0n) is 18.2. The Hall–Kier alpha value is -4.67. The second kappa shape index (κ2) is 8.93. The number of benzene rings is 3. The van der Waals surface area contributed by atoms with Crippen molar-refractivity contribution in [2.45, 2.75) is 6.54 Å². The molecule has 5 rings (SSSR count). The van der Waals surface area contributed by atoms with E-state index in [0.29, 0.717) is 28.4 Å². The third-order valence-corrected chi connectivity index (χ3v) is 6.04. The number of halogens is 1. The standard InChI is InChI=1S/C27H17ClN4O3/c28-20-9-11-21(12-10-20)32-26(34)23(25(33)30-27(32)35)13-19-16-31(24-8-4-3-7-22(19)24)15-18-6-2-1-5-17(18)14-29/h1-13,16H,15H2,(H,30,33,35)/b23-13+. The van der Waals surface area contributed by atoms with Crippen molar-refractivity contribution in [1.82, 2.24) is 9.88 Å². The number of nitrogens with zero attached hydrogens (tertiary/aromatic N) is 3. The van der Waals surface area contributed by atoms with Gasteiger partial charge in [-0.05, 0) is 48.0 Å². The predicted molar refractivity (Wildman–Crippen MR) is 133 cm³/mol. The molecule has 8 heteroatoms. The van der Waals surface area contributed by atoms with Gasteiger partial charge < -0.3 is 4.57 Å². The van der Waals surface area contributed by atoms with E-state index in [9.17, 15) is 19.6 Å². The molecule has 0 saturated carbocycles. The zero-order valence-corrected chi connectivity index (χ0v) is 19.0. The Balaban J connectivity index is 1.58. The maximum absolute atomic E-state index is 13.3. The summed E-state index contributed by atoms with van der Waals surface area (Å²) >= 11 is 5.93. The van der Waals surface area contributed by atoms with Crippen molar-refractivity contribution >= 4 is 52.1 Å². The summed E-state index contributed by atoms with van der Waals surface area (Å²) in [6.45, 7) is 0.433. The number of hydrogen-bond donors (Lipinski definition) is 1. The number of nitriles is 1. The van der Waals surface area contributed by atoms with Gasteiger partial charge in [-0.1, -0.05) is 48.0 Å². The van der Waals surface area contributed by atoms with E-state index in [4.69, 9.17) is 11.6 Å². The minimum Gasteiger partial charge on any atom is -0.342 e. The Labute approximate surface area is 205 Å². The molecule has 1 aliphatic rings. The van der Waals surface area contributed by atoms with Crippen molar-refractivity contribution in [3.63, 3.8) is 0 Å². The van der Waals surface area contributed by atoms with Crippen LogP contribution in [-0.2, 0) is 16.1 Å². The number of nitrogens with one attached hydrogen (secondary N) is 1. The first kappa shape index (κ1) is 22.1. The summed E-state index contributed by atoms with van der Waals surface area (Å²) in [4.78, 5) is 39.3. The van der Waals surface area contributed by atoms with Crippen LogP contribution < -0.4 is 10.2 Å². The van der Waals surface area contributed by atoms with Crippen LogP contribution in [0.15, 0.2) is 84.6 Å². The monoisotopic (exact) mass is 480 g/mol. The van der Waals surface area contributed by atoms with Gasteiger partial charge in [0.1, 0.15) is 5.57 Å². The fraction of sp³-hybridized carbons (Fsp3) is 0.0370. The molecule has 170 valence electrons. The van der Waals surface area contributed by atoms with Crippen molar-refractivity contribution in [2.75, 3.05) is 4.90 Å². The van der Waals surface area contributed by atoms with Crippen LogP contribution in [0.3, 0.4) is 0 Å². The number of amides is 4. The molecule has 35 heavy (non-hydrogen) atoms. The number of imide groups is 2. The van der Waals surface area contributed by atoms with Crippen molar-refractivity contribution in [1.29, 1.82) is 5.26 Å². The third kappa shape index (κ3) is 4.07. The van der Waals surface area contributed by atoms with Gasteiger partial charge in [0.2, 0.25) is 0 Å². The van der Waals surface area contributed by atoms with Gasteiger partial charge in [0, 0.05) is 34.2 Å². The number of para-hydroxylation sites is 1. The molecule has 1 N–H and O–H groups in total. The molecule has 7 nitrogen and oxygen atoms in total. The van der Waals surface area contributed by atoms with E-state index < -0.39 is 17.8 Å².